The van der Waals surface area contributed by atoms with Crippen LogP contribution in [-0.2, 0) is 9.53 Å². The minimum Gasteiger partial charge on any atom is -0.461 e. The molecular weight excluding hydrogens is 302 g/mol. The van der Waals surface area contributed by atoms with Gasteiger partial charge < -0.3 is 9.72 Å². The van der Waals surface area contributed by atoms with E-state index in [2.05, 4.69) is 15.3 Å². The number of aromatic amines is 1. The van der Waals surface area contributed by atoms with Crippen LogP contribution in [0.25, 0.3) is 0 Å². The maximum Gasteiger partial charge on any atom is 0.356 e. The Morgan fingerprint density at radius 1 is 1.45 bits per heavy atom. The number of hydrogen-bond acceptors (Lipinski definition) is 5. The summed E-state index contributed by atoms with van der Waals surface area (Å²) in [6.07, 6.45) is 1.35. The molecule has 3 rings (SSSR count). The van der Waals surface area contributed by atoms with E-state index in [0.29, 0.717) is 5.75 Å². The first-order valence-electron chi connectivity index (χ1n) is 6.93. The van der Waals surface area contributed by atoms with Crippen molar-refractivity contribution in [2.75, 3.05) is 17.7 Å². The van der Waals surface area contributed by atoms with Crippen LogP contribution in [0, 0.1) is 0 Å². The van der Waals surface area contributed by atoms with Gasteiger partial charge in [0.25, 0.3) is 0 Å². The van der Waals surface area contributed by atoms with Crippen LogP contribution in [0.2, 0.25) is 0 Å². The lowest BCUT2D eigenvalue weighted by Crippen LogP contribution is -2.21. The summed E-state index contributed by atoms with van der Waals surface area (Å²) in [6, 6.07) is 7.87. The predicted molar refractivity (Wildman–Crippen MR) is 83.1 cm³/mol. The van der Waals surface area contributed by atoms with Gasteiger partial charge in [-0.25, -0.2) is 9.78 Å². The highest BCUT2D eigenvalue weighted by Gasteiger charge is 2.29. The van der Waals surface area contributed by atoms with Crippen LogP contribution in [0.3, 0.4) is 0 Å². The van der Waals surface area contributed by atoms with Gasteiger partial charge in [0.2, 0.25) is 11.9 Å². The monoisotopic (exact) mass is 317 g/mol. The molecule has 7 heteroatoms. The Bertz CT molecular complexity index is 714. The summed E-state index contributed by atoms with van der Waals surface area (Å²) >= 11 is 1.67. The summed E-state index contributed by atoms with van der Waals surface area (Å²) < 4.78 is 4.87. The first kappa shape index (κ1) is 14.6. The van der Waals surface area contributed by atoms with Gasteiger partial charge in [-0.05, 0) is 18.6 Å². The average Bonchev–Trinajstić information content (AvgIpc) is 3.14. The van der Waals surface area contributed by atoms with Crippen molar-refractivity contribution in [3.05, 3.63) is 41.7 Å². The zero-order chi connectivity index (χ0) is 15.5. The number of anilines is 1. The normalized spacial score (nSPS) is 16.1. The maximum atomic E-state index is 12.4. The lowest BCUT2D eigenvalue weighted by Gasteiger charge is -2.09. The predicted octanol–water partition coefficient (Wildman–Crippen LogP) is 2.41. The number of carbonyl (C=O) groups is 2. The molecule has 0 bridgehead atoms. The average molecular weight is 317 g/mol. The van der Waals surface area contributed by atoms with Crippen molar-refractivity contribution in [2.45, 2.75) is 17.7 Å². The van der Waals surface area contributed by atoms with Crippen LogP contribution in [0.1, 0.15) is 28.9 Å². The standard InChI is InChI=1S/C15H15N3O3S/c1-2-21-14(20)11-7-16-15(17-11)18-13(19)10-8-22-12-6-4-3-5-9(10)12/h3-7,10H,2,8H2,1H3,(H2,16,17,18,19)/t10-/m0/s1. The number of imidazole rings is 1. The number of nitrogens with one attached hydrogen (secondary N) is 2. The van der Waals surface area contributed by atoms with E-state index in [1.54, 1.807) is 18.7 Å². The summed E-state index contributed by atoms with van der Waals surface area (Å²) in [5.41, 5.74) is 1.25. The smallest absolute Gasteiger partial charge is 0.356 e. The number of H-pyrrole nitrogens is 1. The Labute approximate surface area is 131 Å². The summed E-state index contributed by atoms with van der Waals surface area (Å²) in [7, 11) is 0. The molecule has 1 amide bonds. The molecule has 114 valence electrons. The van der Waals surface area contributed by atoms with Gasteiger partial charge in [-0.2, -0.15) is 0 Å². The molecule has 6 nitrogen and oxygen atoms in total. The Morgan fingerprint density at radius 3 is 3.09 bits per heavy atom. The number of aromatic nitrogens is 2. The van der Waals surface area contributed by atoms with E-state index in [0.717, 1.165) is 10.5 Å². The number of thioether (sulfide) groups is 1. The van der Waals surface area contributed by atoms with E-state index < -0.39 is 5.97 Å². The SMILES string of the molecule is CCOC(=O)c1cnc(NC(=O)[C@H]2CSc3ccccc32)[nH]1. The summed E-state index contributed by atoms with van der Waals surface area (Å²) in [4.78, 5) is 31.8. The molecule has 2 aromatic rings. The summed E-state index contributed by atoms with van der Waals surface area (Å²) in [5, 5.41) is 2.72. The molecule has 0 saturated heterocycles. The molecule has 1 aliphatic rings. The molecule has 1 aromatic heterocycles. The van der Waals surface area contributed by atoms with Crippen molar-refractivity contribution in [2.24, 2.45) is 0 Å². The fourth-order valence-corrected chi connectivity index (χ4v) is 3.51. The van der Waals surface area contributed by atoms with Gasteiger partial charge in [-0.3, -0.25) is 10.1 Å². The molecule has 0 radical (unpaired) electrons. The zero-order valence-corrected chi connectivity index (χ0v) is 12.8. The van der Waals surface area contributed by atoms with E-state index in [1.165, 1.54) is 6.20 Å². The highest BCUT2D eigenvalue weighted by Crippen LogP contribution is 2.39. The molecule has 22 heavy (non-hydrogen) atoms. The quantitative estimate of drug-likeness (QED) is 0.846. The van der Waals surface area contributed by atoms with Crippen molar-refractivity contribution in [1.29, 1.82) is 0 Å². The number of rotatable bonds is 4. The minimum absolute atomic E-state index is 0.137. The Kier molecular flexibility index (Phi) is 4.15. The molecule has 2 N–H and O–H groups in total. The lowest BCUT2D eigenvalue weighted by atomic mass is 10.0. The van der Waals surface area contributed by atoms with Crippen molar-refractivity contribution < 1.29 is 14.3 Å². The third-order valence-electron chi connectivity index (χ3n) is 3.33. The second-order valence-electron chi connectivity index (χ2n) is 4.76. The van der Waals surface area contributed by atoms with Crippen LogP contribution >= 0.6 is 11.8 Å². The highest BCUT2D eigenvalue weighted by atomic mass is 32.2. The number of nitrogens with zero attached hydrogens (tertiary/aromatic N) is 1. The highest BCUT2D eigenvalue weighted by molar-refractivity contribution is 7.99. The third kappa shape index (κ3) is 2.85. The van der Waals surface area contributed by atoms with Crippen LogP contribution in [0.15, 0.2) is 35.4 Å². The number of fused-ring (bicyclic) bond motifs is 1. The van der Waals surface area contributed by atoms with Gasteiger partial charge in [-0.15, -0.1) is 11.8 Å². The summed E-state index contributed by atoms with van der Waals surface area (Å²) in [6.45, 7) is 2.02. The number of benzene rings is 1. The Hall–Kier alpha value is -2.28. The molecule has 0 spiro atoms. The van der Waals surface area contributed by atoms with E-state index >= 15 is 0 Å². The Morgan fingerprint density at radius 2 is 2.27 bits per heavy atom. The molecule has 1 atom stereocenters. The molecule has 1 aliphatic heterocycles. The second kappa shape index (κ2) is 6.23. The van der Waals surface area contributed by atoms with Gasteiger partial charge in [0, 0.05) is 10.6 Å². The van der Waals surface area contributed by atoms with Crippen molar-refractivity contribution in [3.63, 3.8) is 0 Å². The molecule has 0 aliphatic carbocycles. The largest absolute Gasteiger partial charge is 0.461 e. The Balaban J connectivity index is 1.69. The lowest BCUT2D eigenvalue weighted by molar-refractivity contribution is -0.117. The van der Waals surface area contributed by atoms with E-state index in [9.17, 15) is 9.59 Å². The van der Waals surface area contributed by atoms with E-state index in [-0.39, 0.29) is 30.1 Å². The van der Waals surface area contributed by atoms with E-state index in [4.69, 9.17) is 4.74 Å². The zero-order valence-electron chi connectivity index (χ0n) is 12.0. The molecule has 2 heterocycles. The minimum atomic E-state index is -0.489. The van der Waals surface area contributed by atoms with Gasteiger partial charge in [0.15, 0.2) is 0 Å². The first-order valence-corrected chi connectivity index (χ1v) is 7.92. The molecule has 0 unspecified atom stereocenters. The van der Waals surface area contributed by atoms with Crippen LogP contribution in [-0.4, -0.2) is 34.2 Å². The number of carbonyl (C=O) groups excluding carboxylic acids is 2. The second-order valence-corrected chi connectivity index (χ2v) is 5.82. The maximum absolute atomic E-state index is 12.4. The topological polar surface area (TPSA) is 84.1 Å². The molecule has 0 saturated carbocycles. The fourth-order valence-electron chi connectivity index (χ4n) is 2.28. The van der Waals surface area contributed by atoms with Crippen molar-refractivity contribution in [3.8, 4) is 0 Å². The first-order chi connectivity index (χ1) is 10.7. The summed E-state index contributed by atoms with van der Waals surface area (Å²) in [5.74, 6) is 0.121. The molecule has 1 aromatic carbocycles. The van der Waals surface area contributed by atoms with Gasteiger partial charge >= 0.3 is 5.97 Å². The molecule has 0 fully saturated rings. The fraction of sp³-hybridized carbons (Fsp3) is 0.267. The van der Waals surface area contributed by atoms with Crippen LogP contribution in [0.5, 0.6) is 0 Å². The van der Waals surface area contributed by atoms with Crippen molar-refractivity contribution >= 4 is 29.6 Å². The van der Waals surface area contributed by atoms with Gasteiger partial charge in [0.1, 0.15) is 5.69 Å². The van der Waals surface area contributed by atoms with Gasteiger partial charge in [0.05, 0.1) is 18.7 Å². The van der Waals surface area contributed by atoms with Crippen LogP contribution in [0.4, 0.5) is 5.95 Å². The number of amides is 1. The number of hydrogen-bond donors (Lipinski definition) is 2. The molecular formula is C15H15N3O3S. The van der Waals surface area contributed by atoms with Gasteiger partial charge in [-0.1, -0.05) is 18.2 Å². The van der Waals surface area contributed by atoms with E-state index in [1.807, 2.05) is 24.3 Å². The van der Waals surface area contributed by atoms with Crippen molar-refractivity contribution in [1.82, 2.24) is 9.97 Å². The van der Waals surface area contributed by atoms with Crippen LogP contribution < -0.4 is 5.32 Å². The number of ether oxygens (including phenoxy) is 1. The number of esters is 1. The third-order valence-corrected chi connectivity index (χ3v) is 4.51.